The number of hydrogen-bond acceptors (Lipinski definition) is 4. The van der Waals surface area contributed by atoms with Crippen LogP contribution >= 0.6 is 0 Å². The van der Waals surface area contributed by atoms with Crippen molar-refractivity contribution < 1.29 is 14.3 Å². The molecule has 1 N–H and O–H groups in total. The van der Waals surface area contributed by atoms with Gasteiger partial charge >= 0.3 is 5.97 Å². The molecule has 118 valence electrons. The van der Waals surface area contributed by atoms with Crippen LogP contribution in [0.2, 0.25) is 0 Å². The Balaban J connectivity index is 3.00. The molecule has 0 bridgehead atoms. The first-order valence-electron chi connectivity index (χ1n) is 7.79. The van der Waals surface area contributed by atoms with E-state index in [1.165, 1.54) is 6.42 Å². The van der Waals surface area contributed by atoms with E-state index in [2.05, 4.69) is 26.1 Å². The van der Waals surface area contributed by atoms with E-state index in [9.17, 15) is 4.79 Å². The van der Waals surface area contributed by atoms with E-state index in [0.29, 0.717) is 25.7 Å². The zero-order valence-electron chi connectivity index (χ0n) is 13.8. The largest absolute Gasteiger partial charge is 0.465 e. The maximum atomic E-state index is 12.6. The smallest absolute Gasteiger partial charge is 0.326 e. The Morgan fingerprint density at radius 1 is 1.35 bits per heavy atom. The first-order valence-corrected chi connectivity index (χ1v) is 7.79. The molecule has 1 rings (SSSR count). The lowest BCUT2D eigenvalue weighted by Gasteiger charge is -2.48. The maximum Gasteiger partial charge on any atom is 0.326 e. The number of carbonyl (C=O) groups excluding carboxylic acids is 1. The van der Waals surface area contributed by atoms with Crippen molar-refractivity contribution in [1.82, 2.24) is 5.32 Å². The van der Waals surface area contributed by atoms with E-state index in [1.54, 1.807) is 7.11 Å². The number of methoxy groups -OCH3 is 1. The first-order chi connectivity index (χ1) is 9.38. The van der Waals surface area contributed by atoms with E-state index >= 15 is 0 Å². The van der Waals surface area contributed by atoms with Gasteiger partial charge in [-0.2, -0.15) is 0 Å². The minimum atomic E-state index is -0.551. The highest BCUT2D eigenvalue weighted by atomic mass is 16.5. The molecule has 20 heavy (non-hydrogen) atoms. The third-order valence-electron chi connectivity index (χ3n) is 4.34. The molecule has 4 heteroatoms. The zero-order chi connectivity index (χ0) is 15.2. The predicted molar refractivity (Wildman–Crippen MR) is 80.7 cm³/mol. The molecule has 0 aromatic carbocycles. The van der Waals surface area contributed by atoms with Crippen LogP contribution in [0.1, 0.15) is 53.4 Å². The van der Waals surface area contributed by atoms with Crippen LogP contribution in [0.15, 0.2) is 0 Å². The molecule has 0 aromatic rings. The van der Waals surface area contributed by atoms with Crippen LogP contribution in [0.25, 0.3) is 0 Å². The summed E-state index contributed by atoms with van der Waals surface area (Å²) in [4.78, 5) is 12.6. The Morgan fingerprint density at radius 2 is 2.05 bits per heavy atom. The summed E-state index contributed by atoms with van der Waals surface area (Å²) in [5.74, 6) is 0.204. The van der Waals surface area contributed by atoms with Gasteiger partial charge in [-0.1, -0.05) is 33.6 Å². The lowest BCUT2D eigenvalue weighted by molar-refractivity contribution is -0.159. The van der Waals surface area contributed by atoms with Crippen molar-refractivity contribution in [3.8, 4) is 0 Å². The van der Waals surface area contributed by atoms with Crippen molar-refractivity contribution in [3.05, 3.63) is 0 Å². The van der Waals surface area contributed by atoms with Gasteiger partial charge in [-0.3, -0.25) is 10.1 Å². The Hall–Kier alpha value is -0.610. The number of carbonyl (C=O) groups is 1. The lowest BCUT2D eigenvalue weighted by atomic mass is 9.62. The summed E-state index contributed by atoms with van der Waals surface area (Å²) < 4.78 is 10.5. The van der Waals surface area contributed by atoms with Gasteiger partial charge < -0.3 is 9.47 Å². The Bertz CT molecular complexity index is 311. The van der Waals surface area contributed by atoms with Gasteiger partial charge in [0.15, 0.2) is 0 Å². The van der Waals surface area contributed by atoms with Gasteiger partial charge in [0.25, 0.3) is 0 Å². The second kappa shape index (κ2) is 7.41. The van der Waals surface area contributed by atoms with Gasteiger partial charge in [0.2, 0.25) is 0 Å². The van der Waals surface area contributed by atoms with Crippen molar-refractivity contribution in [2.45, 2.75) is 58.9 Å². The monoisotopic (exact) mass is 285 g/mol. The Kier molecular flexibility index (Phi) is 6.46. The highest BCUT2D eigenvalue weighted by molar-refractivity contribution is 5.81. The molecular formula is C16H31NO3. The fourth-order valence-electron chi connectivity index (χ4n) is 3.51. The first kappa shape index (κ1) is 17.4. The van der Waals surface area contributed by atoms with Crippen molar-refractivity contribution in [1.29, 1.82) is 0 Å². The topological polar surface area (TPSA) is 47.6 Å². The van der Waals surface area contributed by atoms with Crippen molar-refractivity contribution >= 4 is 5.97 Å². The molecule has 0 aromatic heterocycles. The average Bonchev–Trinajstić information content (AvgIpc) is 2.38. The molecule has 0 saturated heterocycles. The highest BCUT2D eigenvalue weighted by Gasteiger charge is 2.51. The van der Waals surface area contributed by atoms with Gasteiger partial charge in [0.1, 0.15) is 5.54 Å². The second-order valence-corrected chi connectivity index (χ2v) is 6.78. The summed E-state index contributed by atoms with van der Waals surface area (Å²) in [5, 5.41) is 3.48. The van der Waals surface area contributed by atoms with E-state index < -0.39 is 5.54 Å². The Labute approximate surface area is 123 Å². The lowest BCUT2D eigenvalue weighted by Crippen LogP contribution is -2.63. The van der Waals surface area contributed by atoms with Crippen LogP contribution in [0.3, 0.4) is 0 Å². The Morgan fingerprint density at radius 3 is 2.60 bits per heavy atom. The molecule has 0 aliphatic heterocycles. The third kappa shape index (κ3) is 3.95. The SMILES string of the molecule is CCOC(=O)C1(NCCOC)CCCCC1C(C)(C)C. The van der Waals surface area contributed by atoms with Gasteiger partial charge in [-0.25, -0.2) is 0 Å². The summed E-state index contributed by atoms with van der Waals surface area (Å²) >= 11 is 0. The highest BCUT2D eigenvalue weighted by Crippen LogP contribution is 2.45. The normalized spacial score (nSPS) is 27.4. The van der Waals surface area contributed by atoms with Crippen LogP contribution in [0.5, 0.6) is 0 Å². The summed E-state index contributed by atoms with van der Waals surface area (Å²) in [7, 11) is 1.68. The van der Waals surface area contributed by atoms with Crippen LogP contribution in [0, 0.1) is 11.3 Å². The van der Waals surface area contributed by atoms with Gasteiger partial charge in [-0.05, 0) is 31.1 Å². The number of hydrogen-bond donors (Lipinski definition) is 1. The molecular weight excluding hydrogens is 254 g/mol. The third-order valence-corrected chi connectivity index (χ3v) is 4.34. The zero-order valence-corrected chi connectivity index (χ0v) is 13.8. The van der Waals surface area contributed by atoms with E-state index in [0.717, 1.165) is 19.3 Å². The van der Waals surface area contributed by atoms with E-state index in [-0.39, 0.29) is 11.4 Å². The minimum Gasteiger partial charge on any atom is -0.465 e. The number of nitrogens with one attached hydrogen (secondary N) is 1. The van der Waals surface area contributed by atoms with Crippen molar-refractivity contribution in [2.24, 2.45) is 11.3 Å². The fourth-order valence-corrected chi connectivity index (χ4v) is 3.51. The maximum absolute atomic E-state index is 12.6. The average molecular weight is 285 g/mol. The van der Waals surface area contributed by atoms with Gasteiger partial charge in [0, 0.05) is 13.7 Å². The fraction of sp³-hybridized carbons (Fsp3) is 0.938. The molecule has 4 nitrogen and oxygen atoms in total. The van der Waals surface area contributed by atoms with Gasteiger partial charge in [-0.15, -0.1) is 0 Å². The van der Waals surface area contributed by atoms with E-state index in [1.807, 2.05) is 6.92 Å². The molecule has 0 spiro atoms. The molecule has 1 saturated carbocycles. The van der Waals surface area contributed by atoms with Crippen molar-refractivity contribution in [3.63, 3.8) is 0 Å². The van der Waals surface area contributed by atoms with Gasteiger partial charge in [0.05, 0.1) is 13.2 Å². The molecule has 0 heterocycles. The molecule has 2 atom stereocenters. The summed E-state index contributed by atoms with van der Waals surface area (Å²) in [6.07, 6.45) is 4.19. The minimum absolute atomic E-state index is 0.0766. The predicted octanol–water partition coefficient (Wildman–Crippen LogP) is 2.76. The number of rotatable bonds is 6. The summed E-state index contributed by atoms with van der Waals surface area (Å²) in [5.41, 5.74) is -0.474. The van der Waals surface area contributed by atoms with Crippen LogP contribution in [0.4, 0.5) is 0 Å². The van der Waals surface area contributed by atoms with Crippen molar-refractivity contribution in [2.75, 3.05) is 26.9 Å². The molecule has 0 radical (unpaired) electrons. The van der Waals surface area contributed by atoms with Crippen LogP contribution < -0.4 is 5.32 Å². The molecule has 1 aliphatic rings. The molecule has 2 unspecified atom stereocenters. The van der Waals surface area contributed by atoms with Crippen LogP contribution in [-0.4, -0.2) is 38.4 Å². The summed E-state index contributed by atoms with van der Waals surface area (Å²) in [6, 6.07) is 0. The summed E-state index contributed by atoms with van der Waals surface area (Å²) in [6.45, 7) is 10.2. The second-order valence-electron chi connectivity index (χ2n) is 6.78. The number of ether oxygens (including phenoxy) is 2. The number of esters is 1. The molecule has 1 aliphatic carbocycles. The van der Waals surface area contributed by atoms with E-state index in [4.69, 9.17) is 9.47 Å². The van der Waals surface area contributed by atoms with Crippen LogP contribution in [-0.2, 0) is 14.3 Å². The quantitative estimate of drug-likeness (QED) is 0.602. The molecule has 0 amide bonds. The molecule has 1 fully saturated rings. The standard InChI is InChI=1S/C16H31NO3/c1-6-20-14(18)16(17-11-12-19-5)10-8-7-9-13(16)15(2,3)4/h13,17H,6-12H2,1-5H3.